The second-order valence-corrected chi connectivity index (χ2v) is 8.75. The number of halogens is 11. The van der Waals surface area contributed by atoms with Gasteiger partial charge < -0.3 is 10.6 Å². The predicted octanol–water partition coefficient (Wildman–Crippen LogP) is 7.83. The number of carbonyl (C=O) groups excluding carboxylic acids is 1. The molecule has 0 unspecified atom stereocenters. The van der Waals surface area contributed by atoms with Gasteiger partial charge in [0.2, 0.25) is 0 Å². The van der Waals surface area contributed by atoms with E-state index in [1.54, 1.807) is 6.07 Å². The molecule has 2 N–H and O–H groups in total. The fourth-order valence-electron chi connectivity index (χ4n) is 3.18. The van der Waals surface area contributed by atoms with Crippen LogP contribution >= 0.6 is 15.9 Å². The molecule has 0 saturated heterocycles. The maximum Gasteiger partial charge on any atom is 0.435 e. The van der Waals surface area contributed by atoms with Gasteiger partial charge in [0, 0.05) is 27.8 Å². The van der Waals surface area contributed by atoms with Crippen LogP contribution < -0.4 is 10.6 Å². The van der Waals surface area contributed by atoms with Crippen molar-refractivity contribution in [3.05, 3.63) is 57.6 Å². The molecule has 0 bridgehead atoms. The van der Waals surface area contributed by atoms with Crippen molar-refractivity contribution in [3.8, 4) is 0 Å². The second-order valence-electron chi connectivity index (χ2n) is 7.89. The van der Waals surface area contributed by atoms with E-state index in [-0.39, 0.29) is 11.6 Å². The lowest BCUT2D eigenvalue weighted by Gasteiger charge is -2.31. The van der Waals surface area contributed by atoms with E-state index in [2.05, 4.69) is 21.2 Å². The highest BCUT2D eigenvalue weighted by molar-refractivity contribution is 9.10. The first-order valence-corrected chi connectivity index (χ1v) is 10.6. The predicted molar refractivity (Wildman–Crippen MR) is 110 cm³/mol. The summed E-state index contributed by atoms with van der Waals surface area (Å²) < 4.78 is 133. The zero-order chi connectivity index (χ0) is 26.4. The molecule has 2 aromatic rings. The summed E-state index contributed by atoms with van der Waals surface area (Å²) in [4.78, 5) is 12.6. The van der Waals surface area contributed by atoms with Gasteiger partial charge in [0.25, 0.3) is 5.91 Å². The minimum absolute atomic E-state index is 0.0978. The largest absolute Gasteiger partial charge is 0.435 e. The van der Waals surface area contributed by atoms with Gasteiger partial charge in [-0.25, -0.2) is 4.39 Å². The summed E-state index contributed by atoms with van der Waals surface area (Å²) in [5, 5.41) is 4.88. The number of rotatable bonds is 6. The number of hydrogen-bond acceptors (Lipinski definition) is 2. The smallest absolute Gasteiger partial charge is 0.385 e. The van der Waals surface area contributed by atoms with Gasteiger partial charge in [-0.15, -0.1) is 0 Å². The Bertz CT molecular complexity index is 1090. The van der Waals surface area contributed by atoms with Gasteiger partial charge in [-0.2, -0.15) is 39.5 Å². The molecule has 3 rings (SSSR count). The van der Waals surface area contributed by atoms with Gasteiger partial charge in [-0.05, 0) is 65.0 Å². The number of carbonyl (C=O) groups is 1. The quantitative estimate of drug-likeness (QED) is 0.342. The monoisotopic (exact) mass is 580 g/mol. The fraction of sp³-hybridized carbons (Fsp3) is 0.381. The molecule has 35 heavy (non-hydrogen) atoms. The molecule has 0 spiro atoms. The molecule has 1 saturated carbocycles. The van der Waals surface area contributed by atoms with Crippen LogP contribution in [0.15, 0.2) is 40.9 Å². The van der Waals surface area contributed by atoms with E-state index >= 15 is 0 Å². The summed E-state index contributed by atoms with van der Waals surface area (Å²) >= 11 is 2.45. The number of anilines is 2. The van der Waals surface area contributed by atoms with Crippen LogP contribution in [0.3, 0.4) is 0 Å². The Labute approximate surface area is 200 Å². The van der Waals surface area contributed by atoms with Crippen LogP contribution in [-0.4, -0.2) is 24.8 Å². The van der Waals surface area contributed by atoms with Crippen LogP contribution in [-0.2, 0) is 11.8 Å². The standard InChI is InChI=1S/C21H15BrF10N2O/c22-15-8-12(18(23,20(27,28)29)21(30,31)32)7-14(19(24,25)26)16(15)34-17(35)11-2-1-3-13(6-11)33-9-10-4-5-10/h1-3,6-8,10,33H,4-5,9H2,(H,34,35). The summed E-state index contributed by atoms with van der Waals surface area (Å²) in [7, 11) is 0. The molecule has 192 valence electrons. The van der Waals surface area contributed by atoms with Crippen molar-refractivity contribution in [3.63, 3.8) is 0 Å². The van der Waals surface area contributed by atoms with Crippen LogP contribution in [0.4, 0.5) is 55.3 Å². The summed E-state index contributed by atoms with van der Waals surface area (Å²) in [5.74, 6) is -0.663. The molecule has 1 aliphatic rings. The third-order valence-corrected chi connectivity index (χ3v) is 5.86. The normalized spacial score (nSPS) is 15.2. The minimum Gasteiger partial charge on any atom is -0.385 e. The Hall–Kier alpha value is -2.51. The Balaban J connectivity index is 2.02. The maximum atomic E-state index is 14.4. The fourth-order valence-corrected chi connectivity index (χ4v) is 3.74. The molecule has 0 aliphatic heterocycles. The van der Waals surface area contributed by atoms with Crippen molar-refractivity contribution >= 4 is 33.2 Å². The number of amides is 1. The molecule has 0 radical (unpaired) electrons. The molecule has 0 atom stereocenters. The van der Waals surface area contributed by atoms with Crippen LogP contribution in [0.25, 0.3) is 0 Å². The van der Waals surface area contributed by atoms with Gasteiger partial charge in [0.15, 0.2) is 0 Å². The third-order valence-electron chi connectivity index (χ3n) is 5.23. The van der Waals surface area contributed by atoms with E-state index < -0.39 is 57.5 Å². The topological polar surface area (TPSA) is 41.1 Å². The number of hydrogen-bond donors (Lipinski definition) is 2. The first kappa shape index (κ1) is 27.1. The lowest BCUT2D eigenvalue weighted by molar-refractivity contribution is -0.348. The summed E-state index contributed by atoms with van der Waals surface area (Å²) in [6.07, 6.45) is -16.7. The molecule has 3 nitrogen and oxygen atoms in total. The van der Waals surface area contributed by atoms with Gasteiger partial charge in [-0.1, -0.05) is 6.07 Å². The average molecular weight is 581 g/mol. The van der Waals surface area contributed by atoms with E-state index in [0.29, 0.717) is 18.2 Å². The molecule has 0 aromatic heterocycles. The van der Waals surface area contributed by atoms with Crippen molar-refractivity contribution < 1.29 is 48.7 Å². The molecule has 0 heterocycles. The van der Waals surface area contributed by atoms with E-state index in [4.69, 9.17) is 0 Å². The van der Waals surface area contributed by atoms with Gasteiger partial charge in [-0.3, -0.25) is 4.79 Å². The zero-order valence-electron chi connectivity index (χ0n) is 17.2. The van der Waals surface area contributed by atoms with Crippen LogP contribution in [0, 0.1) is 5.92 Å². The Morgan fingerprint density at radius 3 is 2.03 bits per heavy atom. The van der Waals surface area contributed by atoms with Crippen LogP contribution in [0.2, 0.25) is 0 Å². The van der Waals surface area contributed by atoms with Crippen LogP contribution in [0.5, 0.6) is 0 Å². The lowest BCUT2D eigenvalue weighted by atomic mass is 9.92. The maximum absolute atomic E-state index is 14.4. The summed E-state index contributed by atoms with van der Waals surface area (Å²) in [6.45, 7) is 0.611. The average Bonchev–Trinajstić information content (AvgIpc) is 3.55. The number of alkyl halides is 10. The van der Waals surface area contributed by atoms with Crippen molar-refractivity contribution in [1.29, 1.82) is 0 Å². The molecular formula is C21H15BrF10N2O. The summed E-state index contributed by atoms with van der Waals surface area (Å²) in [5.41, 5.74) is -11.4. The summed E-state index contributed by atoms with van der Waals surface area (Å²) in [6, 6.07) is 4.87. The highest BCUT2D eigenvalue weighted by atomic mass is 79.9. The first-order chi connectivity index (χ1) is 15.9. The third kappa shape index (κ3) is 5.67. The molecule has 1 amide bonds. The lowest BCUT2D eigenvalue weighted by Crippen LogP contribution is -2.50. The van der Waals surface area contributed by atoms with Crippen LogP contribution in [0.1, 0.15) is 34.3 Å². The molecule has 14 heteroatoms. The van der Waals surface area contributed by atoms with Crippen molar-refractivity contribution in [2.24, 2.45) is 5.92 Å². The number of benzene rings is 2. The molecule has 2 aromatic carbocycles. The zero-order valence-corrected chi connectivity index (χ0v) is 18.8. The van der Waals surface area contributed by atoms with E-state index in [9.17, 15) is 48.7 Å². The Morgan fingerprint density at radius 1 is 0.914 bits per heavy atom. The second kappa shape index (κ2) is 9.17. The van der Waals surface area contributed by atoms with E-state index in [1.807, 2.05) is 5.32 Å². The Kier molecular flexibility index (Phi) is 7.10. The van der Waals surface area contributed by atoms with Crippen molar-refractivity contribution in [1.82, 2.24) is 0 Å². The van der Waals surface area contributed by atoms with Gasteiger partial charge in [0.1, 0.15) is 0 Å². The minimum atomic E-state index is -6.62. The van der Waals surface area contributed by atoms with Crippen molar-refractivity contribution in [2.75, 3.05) is 17.2 Å². The van der Waals surface area contributed by atoms with E-state index in [1.165, 1.54) is 18.2 Å². The molecule has 1 aliphatic carbocycles. The van der Waals surface area contributed by atoms with Gasteiger partial charge >= 0.3 is 24.2 Å². The SMILES string of the molecule is O=C(Nc1c(Br)cc(C(F)(C(F)(F)F)C(F)(F)F)cc1C(F)(F)F)c1cccc(NCC2CC2)c1. The highest BCUT2D eigenvalue weighted by Gasteiger charge is 2.73. The molecule has 1 fully saturated rings. The molecular weight excluding hydrogens is 566 g/mol. The number of nitrogens with one attached hydrogen (secondary N) is 2. The van der Waals surface area contributed by atoms with E-state index in [0.717, 1.165) is 12.8 Å². The van der Waals surface area contributed by atoms with Gasteiger partial charge in [0.05, 0.1) is 11.3 Å². The first-order valence-electron chi connectivity index (χ1n) is 9.84. The Morgan fingerprint density at radius 2 is 1.51 bits per heavy atom. The van der Waals surface area contributed by atoms with Crippen molar-refractivity contribution in [2.45, 2.75) is 37.0 Å². The highest BCUT2D eigenvalue weighted by Crippen LogP contribution is 2.55.